The summed E-state index contributed by atoms with van der Waals surface area (Å²) >= 11 is 0. The largest absolute Gasteiger partial charge is 0.497 e. The Kier molecular flexibility index (Phi) is 7.64. The smallest absolute Gasteiger partial charge is 0.249 e. The highest BCUT2D eigenvalue weighted by molar-refractivity contribution is 5.86. The van der Waals surface area contributed by atoms with Gasteiger partial charge in [-0.1, -0.05) is 17.3 Å². The van der Waals surface area contributed by atoms with Crippen LogP contribution >= 0.6 is 0 Å². The monoisotopic (exact) mass is 431 g/mol. The van der Waals surface area contributed by atoms with Gasteiger partial charge in [-0.3, -0.25) is 9.59 Å². The van der Waals surface area contributed by atoms with E-state index in [4.69, 9.17) is 18.7 Å². The van der Waals surface area contributed by atoms with Gasteiger partial charge in [-0.2, -0.15) is 0 Å². The highest BCUT2D eigenvalue weighted by Crippen LogP contribution is 2.19. The number of benzene rings is 1. The number of methoxy groups -OCH3 is 2. The summed E-state index contributed by atoms with van der Waals surface area (Å²) in [5.41, 5.74) is 2.58. The summed E-state index contributed by atoms with van der Waals surface area (Å²) in [4.78, 5) is 28.6. The maximum absolute atomic E-state index is 13.0. The van der Waals surface area contributed by atoms with Crippen LogP contribution in [-0.4, -0.2) is 73.3 Å². The SMILES string of the molecule is COCC(=O)N1CC(=O)N(Cc2cccc(OC)c2)CC(OCc2c(C)noc2C)C1. The first-order chi connectivity index (χ1) is 14.9. The lowest BCUT2D eigenvalue weighted by Gasteiger charge is -2.25. The number of aryl methyl sites for hydroxylation is 2. The first-order valence-corrected chi connectivity index (χ1v) is 10.1. The Morgan fingerprint density at radius 1 is 1.26 bits per heavy atom. The zero-order chi connectivity index (χ0) is 22.4. The number of carbonyl (C=O) groups excluding carboxylic acids is 2. The van der Waals surface area contributed by atoms with Crippen LogP contribution in [0.3, 0.4) is 0 Å². The summed E-state index contributed by atoms with van der Waals surface area (Å²) in [5.74, 6) is 1.03. The van der Waals surface area contributed by atoms with Crippen molar-refractivity contribution in [3.63, 3.8) is 0 Å². The van der Waals surface area contributed by atoms with Crippen molar-refractivity contribution in [1.29, 1.82) is 0 Å². The molecule has 168 valence electrons. The molecule has 0 bridgehead atoms. The van der Waals surface area contributed by atoms with Crippen molar-refractivity contribution < 1.29 is 28.3 Å². The lowest BCUT2D eigenvalue weighted by atomic mass is 10.2. The molecule has 1 unspecified atom stereocenters. The minimum absolute atomic E-state index is 0.0165. The molecule has 1 aromatic heterocycles. The van der Waals surface area contributed by atoms with Crippen molar-refractivity contribution in [2.45, 2.75) is 33.1 Å². The van der Waals surface area contributed by atoms with E-state index in [1.54, 1.807) is 12.0 Å². The molecule has 1 atom stereocenters. The van der Waals surface area contributed by atoms with Gasteiger partial charge in [-0.05, 0) is 31.5 Å². The molecule has 31 heavy (non-hydrogen) atoms. The molecule has 0 radical (unpaired) electrons. The molecule has 1 aliphatic heterocycles. The van der Waals surface area contributed by atoms with Crippen LogP contribution in [0.15, 0.2) is 28.8 Å². The summed E-state index contributed by atoms with van der Waals surface area (Å²) in [6.45, 7) is 4.93. The minimum Gasteiger partial charge on any atom is -0.497 e. The van der Waals surface area contributed by atoms with E-state index in [0.29, 0.717) is 32.0 Å². The molecule has 0 N–H and O–H groups in total. The molecule has 1 saturated heterocycles. The Labute approximate surface area is 181 Å². The van der Waals surface area contributed by atoms with Gasteiger partial charge in [0.15, 0.2) is 0 Å². The van der Waals surface area contributed by atoms with Gasteiger partial charge in [0, 0.05) is 32.3 Å². The average Bonchev–Trinajstić information content (AvgIpc) is 2.98. The average molecular weight is 431 g/mol. The fourth-order valence-electron chi connectivity index (χ4n) is 3.54. The molecule has 0 aliphatic carbocycles. The lowest BCUT2D eigenvalue weighted by molar-refractivity contribution is -0.141. The molecule has 9 nitrogen and oxygen atoms in total. The fraction of sp³-hybridized carbons (Fsp3) is 0.500. The van der Waals surface area contributed by atoms with Crippen molar-refractivity contribution >= 4 is 11.8 Å². The molecule has 2 amide bonds. The standard InChI is InChI=1S/C22H29N3O6/c1-15-20(16(2)31-23-15)13-30-19-10-24(9-17-6-5-7-18(8-17)29-4)21(26)12-25(11-19)22(27)14-28-3/h5-8,19H,9-14H2,1-4H3. The van der Waals surface area contributed by atoms with Gasteiger partial charge in [0.05, 0.1) is 32.1 Å². The van der Waals surface area contributed by atoms with Gasteiger partial charge in [0.25, 0.3) is 0 Å². The van der Waals surface area contributed by atoms with Gasteiger partial charge in [-0.15, -0.1) is 0 Å². The van der Waals surface area contributed by atoms with Crippen molar-refractivity contribution in [3.8, 4) is 5.75 Å². The number of hydrogen-bond acceptors (Lipinski definition) is 7. The van der Waals surface area contributed by atoms with E-state index >= 15 is 0 Å². The van der Waals surface area contributed by atoms with E-state index in [-0.39, 0.29) is 31.1 Å². The number of hydrogen-bond donors (Lipinski definition) is 0. The van der Waals surface area contributed by atoms with Crippen molar-refractivity contribution in [1.82, 2.24) is 15.0 Å². The second-order valence-corrected chi connectivity index (χ2v) is 7.57. The highest BCUT2D eigenvalue weighted by atomic mass is 16.5. The van der Waals surface area contributed by atoms with Crippen molar-refractivity contribution in [3.05, 3.63) is 46.8 Å². The molecule has 1 aromatic carbocycles. The van der Waals surface area contributed by atoms with E-state index in [1.165, 1.54) is 12.0 Å². The van der Waals surface area contributed by atoms with Crippen molar-refractivity contribution in [2.75, 3.05) is 40.5 Å². The Hall–Kier alpha value is -2.91. The Morgan fingerprint density at radius 3 is 2.74 bits per heavy atom. The molecular formula is C22H29N3O6. The van der Waals surface area contributed by atoms with Gasteiger partial charge in [0.1, 0.15) is 18.1 Å². The third kappa shape index (κ3) is 5.83. The van der Waals surface area contributed by atoms with Crippen LogP contribution < -0.4 is 4.74 Å². The Morgan fingerprint density at radius 2 is 2.06 bits per heavy atom. The van der Waals surface area contributed by atoms with Crippen molar-refractivity contribution in [2.24, 2.45) is 0 Å². The number of rotatable bonds is 8. The van der Waals surface area contributed by atoms with E-state index in [2.05, 4.69) is 5.16 Å². The first kappa shape index (κ1) is 22.8. The van der Waals surface area contributed by atoms with Gasteiger partial charge in [-0.25, -0.2) is 0 Å². The zero-order valence-electron chi connectivity index (χ0n) is 18.4. The Bertz CT molecular complexity index is 893. The first-order valence-electron chi connectivity index (χ1n) is 10.1. The summed E-state index contributed by atoms with van der Waals surface area (Å²) in [5, 5.41) is 3.95. The van der Waals surface area contributed by atoms with Crippen LogP contribution in [0.2, 0.25) is 0 Å². The normalized spacial score (nSPS) is 17.0. The van der Waals surface area contributed by atoms with Crippen LogP contribution in [0.25, 0.3) is 0 Å². The summed E-state index contributed by atoms with van der Waals surface area (Å²) < 4.78 is 21.6. The highest BCUT2D eigenvalue weighted by Gasteiger charge is 2.31. The summed E-state index contributed by atoms with van der Waals surface area (Å²) in [6, 6.07) is 7.57. The van der Waals surface area contributed by atoms with Gasteiger partial charge < -0.3 is 28.5 Å². The molecule has 1 aliphatic rings. The molecule has 2 heterocycles. The second-order valence-electron chi connectivity index (χ2n) is 7.57. The maximum Gasteiger partial charge on any atom is 0.249 e. The number of ether oxygens (including phenoxy) is 3. The van der Waals surface area contributed by atoms with E-state index in [9.17, 15) is 9.59 Å². The molecule has 2 aromatic rings. The molecule has 9 heteroatoms. The Balaban J connectivity index is 1.77. The number of amides is 2. The van der Waals surface area contributed by atoms with Crippen LogP contribution in [-0.2, 0) is 32.2 Å². The van der Waals surface area contributed by atoms with Gasteiger partial charge in [0.2, 0.25) is 11.8 Å². The van der Waals surface area contributed by atoms with E-state index in [1.807, 2.05) is 38.1 Å². The van der Waals surface area contributed by atoms with E-state index < -0.39 is 0 Å². The molecule has 3 rings (SSSR count). The van der Waals surface area contributed by atoms with Gasteiger partial charge >= 0.3 is 0 Å². The molecular weight excluding hydrogens is 402 g/mol. The number of nitrogens with zero attached hydrogens (tertiary/aromatic N) is 3. The topological polar surface area (TPSA) is 94.3 Å². The third-order valence-electron chi connectivity index (χ3n) is 5.30. The van der Waals surface area contributed by atoms with Crippen LogP contribution in [0.4, 0.5) is 0 Å². The maximum atomic E-state index is 13.0. The summed E-state index contributed by atoms with van der Waals surface area (Å²) in [7, 11) is 3.06. The number of aromatic nitrogens is 1. The molecule has 1 fully saturated rings. The lowest BCUT2D eigenvalue weighted by Crippen LogP contribution is -2.41. The van der Waals surface area contributed by atoms with Crippen LogP contribution in [0.5, 0.6) is 5.75 Å². The predicted octanol–water partition coefficient (Wildman–Crippen LogP) is 1.70. The predicted molar refractivity (Wildman–Crippen MR) is 111 cm³/mol. The zero-order valence-corrected chi connectivity index (χ0v) is 18.4. The minimum atomic E-state index is -0.369. The second kappa shape index (κ2) is 10.4. The van der Waals surface area contributed by atoms with E-state index in [0.717, 1.165) is 22.6 Å². The quantitative estimate of drug-likeness (QED) is 0.628. The third-order valence-corrected chi connectivity index (χ3v) is 5.30. The van der Waals surface area contributed by atoms with Crippen LogP contribution in [0, 0.1) is 13.8 Å². The summed E-state index contributed by atoms with van der Waals surface area (Å²) in [6.07, 6.45) is -0.369. The number of carbonyl (C=O) groups is 2. The molecule has 0 saturated carbocycles. The van der Waals surface area contributed by atoms with Crippen LogP contribution in [0.1, 0.15) is 22.6 Å². The molecule has 0 spiro atoms. The fourth-order valence-corrected chi connectivity index (χ4v) is 3.54.